The Kier molecular flexibility index (Phi) is 9.16. The Morgan fingerprint density at radius 3 is 2.47 bits per heavy atom. The summed E-state index contributed by atoms with van der Waals surface area (Å²) in [5, 5.41) is 14.3. The van der Waals surface area contributed by atoms with Crippen molar-refractivity contribution in [3.8, 4) is 5.75 Å². The summed E-state index contributed by atoms with van der Waals surface area (Å²) in [5.41, 5.74) is 7.36. The highest BCUT2D eigenvalue weighted by Gasteiger charge is 2.20. The Bertz CT molecular complexity index is 1250. The fourth-order valence-corrected chi connectivity index (χ4v) is 3.33. The van der Waals surface area contributed by atoms with Crippen molar-refractivity contribution in [1.82, 2.24) is 5.32 Å². The van der Waals surface area contributed by atoms with E-state index in [0.717, 1.165) is 12.1 Å². The monoisotopic (exact) mass is 491 g/mol. The van der Waals surface area contributed by atoms with E-state index >= 15 is 0 Å². The molecule has 3 rings (SSSR count). The lowest BCUT2D eigenvalue weighted by atomic mass is 10.0. The highest BCUT2D eigenvalue weighted by Crippen LogP contribution is 2.27. The summed E-state index contributed by atoms with van der Waals surface area (Å²) in [7, 11) is 0. The molecule has 3 amide bonds. The van der Waals surface area contributed by atoms with E-state index in [0.29, 0.717) is 29.8 Å². The Morgan fingerprint density at radius 1 is 1.03 bits per heavy atom. The number of ether oxygens (including phenoxy) is 1. The van der Waals surface area contributed by atoms with Crippen LogP contribution in [0.15, 0.2) is 84.9 Å². The number of nitrogens with one attached hydrogen (secondary N) is 2. The van der Waals surface area contributed by atoms with Gasteiger partial charge in [0.1, 0.15) is 6.10 Å². The number of unbranched alkanes of at least 4 members (excludes halogenated alkanes) is 1. The van der Waals surface area contributed by atoms with Crippen molar-refractivity contribution in [2.24, 2.45) is 0 Å². The number of hydrogen-bond donors (Lipinski definition) is 4. The van der Waals surface area contributed by atoms with Crippen molar-refractivity contribution < 1.29 is 28.6 Å². The minimum atomic E-state index is -0.988. The number of imide groups is 1. The van der Waals surface area contributed by atoms with E-state index in [-0.39, 0.29) is 17.9 Å². The number of allylic oxidation sites excluding steroid dienone is 1. The molecule has 8 nitrogen and oxygen atoms in total. The van der Waals surface area contributed by atoms with Gasteiger partial charge in [-0.2, -0.15) is 0 Å². The van der Waals surface area contributed by atoms with Crippen LogP contribution < -0.4 is 16.4 Å². The van der Waals surface area contributed by atoms with Crippen LogP contribution in [0.4, 0.5) is 20.6 Å². The zero-order valence-corrected chi connectivity index (χ0v) is 19.3. The molecule has 0 fully saturated rings. The SMILES string of the molecule is Nc1ccccc1NC(=O)/C=C/CCC[C@H](OC(=O)NC(=O)c1ccccc1)c1ccc(O)c(F)c1. The number of nitrogen functional groups attached to an aromatic ring is 1. The number of carbonyl (C=O) groups excluding carboxylic acids is 3. The van der Waals surface area contributed by atoms with Crippen molar-refractivity contribution in [3.05, 3.63) is 102 Å². The number of amides is 3. The molecule has 0 saturated carbocycles. The Balaban J connectivity index is 1.58. The minimum absolute atomic E-state index is 0.273. The Hall–Kier alpha value is -4.66. The molecule has 9 heteroatoms. The lowest BCUT2D eigenvalue weighted by Gasteiger charge is -2.18. The third-order valence-electron chi connectivity index (χ3n) is 5.17. The number of nitrogens with two attached hydrogens (primary N) is 1. The molecule has 0 bridgehead atoms. The molecule has 5 N–H and O–H groups in total. The maximum atomic E-state index is 13.9. The van der Waals surface area contributed by atoms with Crippen molar-refractivity contribution in [2.75, 3.05) is 11.1 Å². The number of halogens is 1. The van der Waals surface area contributed by atoms with Gasteiger partial charge < -0.3 is 20.9 Å². The summed E-state index contributed by atoms with van der Waals surface area (Å²) in [5.74, 6) is -2.38. The quantitative estimate of drug-likeness (QED) is 0.187. The van der Waals surface area contributed by atoms with Crippen LogP contribution in [0.25, 0.3) is 0 Å². The van der Waals surface area contributed by atoms with E-state index in [1.807, 2.05) is 0 Å². The molecular weight excluding hydrogens is 465 g/mol. The van der Waals surface area contributed by atoms with Crippen LogP contribution in [0.5, 0.6) is 5.75 Å². The molecule has 0 radical (unpaired) electrons. The average Bonchev–Trinajstić information content (AvgIpc) is 2.86. The first-order chi connectivity index (χ1) is 17.3. The van der Waals surface area contributed by atoms with Crippen LogP contribution in [0.2, 0.25) is 0 Å². The molecule has 0 aliphatic rings. The van der Waals surface area contributed by atoms with E-state index in [2.05, 4.69) is 10.6 Å². The molecule has 0 spiro atoms. The molecule has 0 aliphatic carbocycles. The number of anilines is 2. The van der Waals surface area contributed by atoms with Crippen LogP contribution in [-0.2, 0) is 9.53 Å². The van der Waals surface area contributed by atoms with Gasteiger partial charge >= 0.3 is 6.09 Å². The molecule has 3 aromatic rings. The van der Waals surface area contributed by atoms with Gasteiger partial charge in [0, 0.05) is 5.56 Å². The third-order valence-corrected chi connectivity index (χ3v) is 5.17. The highest BCUT2D eigenvalue weighted by atomic mass is 19.1. The second-order valence-electron chi connectivity index (χ2n) is 7.83. The summed E-state index contributed by atoms with van der Waals surface area (Å²) >= 11 is 0. The first-order valence-electron chi connectivity index (χ1n) is 11.2. The number of benzene rings is 3. The molecule has 3 aromatic carbocycles. The van der Waals surface area contributed by atoms with Gasteiger partial charge in [0.2, 0.25) is 5.91 Å². The van der Waals surface area contributed by atoms with Gasteiger partial charge in [-0.05, 0) is 67.3 Å². The molecule has 0 unspecified atom stereocenters. The van der Waals surface area contributed by atoms with E-state index in [4.69, 9.17) is 10.5 Å². The van der Waals surface area contributed by atoms with Gasteiger partial charge in [0.15, 0.2) is 11.6 Å². The molecule has 0 saturated heterocycles. The van der Waals surface area contributed by atoms with Gasteiger partial charge in [-0.1, -0.05) is 42.5 Å². The normalized spacial score (nSPS) is 11.6. The molecule has 1 atom stereocenters. The average molecular weight is 492 g/mol. The maximum Gasteiger partial charge on any atom is 0.414 e. The lowest BCUT2D eigenvalue weighted by Crippen LogP contribution is -2.32. The second-order valence-corrected chi connectivity index (χ2v) is 7.83. The molecule has 0 aliphatic heterocycles. The van der Waals surface area contributed by atoms with Crippen LogP contribution in [0.1, 0.15) is 41.3 Å². The van der Waals surface area contributed by atoms with Gasteiger partial charge in [0.05, 0.1) is 11.4 Å². The summed E-state index contributed by atoms with van der Waals surface area (Å²) in [6.07, 6.45) is 2.35. The Morgan fingerprint density at radius 2 is 1.75 bits per heavy atom. The second kappa shape index (κ2) is 12.7. The number of hydrogen-bond acceptors (Lipinski definition) is 6. The highest BCUT2D eigenvalue weighted by molar-refractivity contribution is 6.03. The number of phenolic OH excluding ortho intramolecular Hbond substituents is 1. The first-order valence-corrected chi connectivity index (χ1v) is 11.2. The molecule has 0 heterocycles. The lowest BCUT2D eigenvalue weighted by molar-refractivity contribution is -0.111. The number of carbonyl (C=O) groups is 3. The minimum Gasteiger partial charge on any atom is -0.505 e. The number of para-hydroxylation sites is 2. The summed E-state index contributed by atoms with van der Waals surface area (Å²) in [6, 6.07) is 18.7. The predicted molar refractivity (Wildman–Crippen MR) is 134 cm³/mol. The van der Waals surface area contributed by atoms with Crippen LogP contribution in [-0.4, -0.2) is 23.0 Å². The number of rotatable bonds is 9. The standard InChI is InChI=1S/C27H26FN3O5/c28-20-17-19(15-16-23(20)32)24(36-27(35)31-26(34)18-9-3-1-4-10-18)13-5-2-6-14-25(33)30-22-12-8-7-11-21(22)29/h1,3-4,6-12,14-17,24,32H,2,5,13,29H2,(H,30,33)(H,31,34,35)/b14-6+/t24-/m0/s1. The summed E-state index contributed by atoms with van der Waals surface area (Å²) in [6.45, 7) is 0. The fourth-order valence-electron chi connectivity index (χ4n) is 3.33. The molecule has 36 heavy (non-hydrogen) atoms. The van der Waals surface area contributed by atoms with E-state index < -0.39 is 29.7 Å². The summed E-state index contributed by atoms with van der Waals surface area (Å²) in [4.78, 5) is 36.7. The smallest absolute Gasteiger partial charge is 0.414 e. The number of phenols is 1. The van der Waals surface area contributed by atoms with Crippen LogP contribution in [0, 0.1) is 5.82 Å². The number of alkyl carbamates (subject to hydrolysis) is 1. The zero-order chi connectivity index (χ0) is 25.9. The largest absolute Gasteiger partial charge is 0.505 e. The topological polar surface area (TPSA) is 131 Å². The van der Waals surface area contributed by atoms with Gasteiger partial charge in [-0.3, -0.25) is 14.9 Å². The van der Waals surface area contributed by atoms with Crippen LogP contribution >= 0.6 is 0 Å². The van der Waals surface area contributed by atoms with Gasteiger partial charge in [-0.25, -0.2) is 9.18 Å². The number of aromatic hydroxyl groups is 1. The predicted octanol–water partition coefficient (Wildman–Crippen LogP) is 5.09. The molecule has 186 valence electrons. The van der Waals surface area contributed by atoms with Crippen LogP contribution in [0.3, 0.4) is 0 Å². The molecular formula is C27H26FN3O5. The zero-order valence-electron chi connectivity index (χ0n) is 19.3. The third kappa shape index (κ3) is 7.69. The van der Waals surface area contributed by atoms with Crippen molar-refractivity contribution >= 4 is 29.3 Å². The first kappa shape index (κ1) is 26.0. The van der Waals surface area contributed by atoms with E-state index in [1.54, 1.807) is 60.7 Å². The van der Waals surface area contributed by atoms with E-state index in [1.165, 1.54) is 12.1 Å². The molecule has 0 aromatic heterocycles. The van der Waals surface area contributed by atoms with Gasteiger partial charge in [0.25, 0.3) is 5.91 Å². The van der Waals surface area contributed by atoms with Crippen molar-refractivity contribution in [1.29, 1.82) is 0 Å². The van der Waals surface area contributed by atoms with Crippen molar-refractivity contribution in [3.63, 3.8) is 0 Å². The van der Waals surface area contributed by atoms with E-state index in [9.17, 15) is 23.9 Å². The summed E-state index contributed by atoms with van der Waals surface area (Å²) < 4.78 is 19.3. The van der Waals surface area contributed by atoms with Gasteiger partial charge in [-0.15, -0.1) is 0 Å². The Labute approximate surface area is 207 Å². The maximum absolute atomic E-state index is 13.9. The fraction of sp³-hybridized carbons (Fsp3) is 0.148. The van der Waals surface area contributed by atoms with Crippen molar-refractivity contribution in [2.45, 2.75) is 25.4 Å².